The molecular formula is C14H16BrFN4. The number of hydrogen-bond donors (Lipinski definition) is 2. The van der Waals surface area contributed by atoms with E-state index in [1.165, 1.54) is 6.07 Å². The van der Waals surface area contributed by atoms with Gasteiger partial charge in [-0.1, -0.05) is 6.92 Å². The van der Waals surface area contributed by atoms with Gasteiger partial charge < -0.3 is 10.6 Å². The van der Waals surface area contributed by atoms with Crippen molar-refractivity contribution in [2.45, 2.75) is 20.3 Å². The SMILES string of the molecule is CCCNc1cc(Nc2ccc(F)c(Br)c2)nc(C)n1. The Morgan fingerprint density at radius 2 is 1.95 bits per heavy atom. The topological polar surface area (TPSA) is 49.8 Å². The number of anilines is 3. The van der Waals surface area contributed by atoms with Crippen molar-refractivity contribution >= 4 is 33.3 Å². The maximum Gasteiger partial charge on any atom is 0.137 e. The van der Waals surface area contributed by atoms with Gasteiger partial charge in [-0.15, -0.1) is 0 Å². The predicted octanol–water partition coefficient (Wildman–Crippen LogP) is 4.25. The third-order valence-corrected chi connectivity index (χ3v) is 3.19. The van der Waals surface area contributed by atoms with Crippen LogP contribution in [0.2, 0.25) is 0 Å². The fraction of sp³-hybridized carbons (Fsp3) is 0.286. The van der Waals surface area contributed by atoms with Crippen molar-refractivity contribution in [3.63, 3.8) is 0 Å². The lowest BCUT2D eigenvalue weighted by atomic mass is 10.3. The van der Waals surface area contributed by atoms with Crippen LogP contribution in [-0.2, 0) is 0 Å². The first-order valence-electron chi connectivity index (χ1n) is 6.40. The molecule has 0 atom stereocenters. The zero-order chi connectivity index (χ0) is 14.5. The van der Waals surface area contributed by atoms with Crippen LogP contribution in [0.3, 0.4) is 0 Å². The number of rotatable bonds is 5. The van der Waals surface area contributed by atoms with E-state index < -0.39 is 0 Å². The summed E-state index contributed by atoms with van der Waals surface area (Å²) in [6.07, 6.45) is 1.02. The molecule has 106 valence electrons. The van der Waals surface area contributed by atoms with Crippen LogP contribution in [0.1, 0.15) is 19.2 Å². The number of aromatic nitrogens is 2. The highest BCUT2D eigenvalue weighted by atomic mass is 79.9. The number of nitrogens with zero attached hydrogens (tertiary/aromatic N) is 2. The van der Waals surface area contributed by atoms with Crippen molar-refractivity contribution < 1.29 is 4.39 Å². The van der Waals surface area contributed by atoms with Crippen LogP contribution in [0.5, 0.6) is 0 Å². The lowest BCUT2D eigenvalue weighted by Crippen LogP contribution is -2.05. The fourth-order valence-corrected chi connectivity index (χ4v) is 2.08. The van der Waals surface area contributed by atoms with Crippen molar-refractivity contribution in [3.05, 3.63) is 40.4 Å². The highest BCUT2D eigenvalue weighted by molar-refractivity contribution is 9.10. The zero-order valence-electron chi connectivity index (χ0n) is 11.4. The summed E-state index contributed by atoms with van der Waals surface area (Å²) in [6, 6.07) is 6.57. The first kappa shape index (κ1) is 14.7. The van der Waals surface area contributed by atoms with E-state index in [0.29, 0.717) is 16.1 Å². The van der Waals surface area contributed by atoms with Gasteiger partial charge in [0.15, 0.2) is 0 Å². The van der Waals surface area contributed by atoms with E-state index in [9.17, 15) is 4.39 Å². The summed E-state index contributed by atoms with van der Waals surface area (Å²) in [5.74, 6) is 1.84. The molecule has 0 radical (unpaired) electrons. The molecule has 0 fully saturated rings. The molecule has 0 saturated heterocycles. The van der Waals surface area contributed by atoms with E-state index in [-0.39, 0.29) is 5.82 Å². The van der Waals surface area contributed by atoms with Gasteiger partial charge in [0.1, 0.15) is 23.3 Å². The molecule has 0 bridgehead atoms. The Kier molecular flexibility index (Phi) is 4.89. The second-order valence-corrected chi connectivity index (χ2v) is 5.22. The molecule has 0 aliphatic rings. The first-order chi connectivity index (χ1) is 9.58. The van der Waals surface area contributed by atoms with Crippen LogP contribution in [0.4, 0.5) is 21.7 Å². The van der Waals surface area contributed by atoms with Crippen LogP contribution >= 0.6 is 15.9 Å². The second-order valence-electron chi connectivity index (χ2n) is 4.37. The fourth-order valence-electron chi connectivity index (χ4n) is 1.70. The molecule has 0 saturated carbocycles. The van der Waals surface area contributed by atoms with Gasteiger partial charge in [0, 0.05) is 18.3 Å². The van der Waals surface area contributed by atoms with Crippen LogP contribution < -0.4 is 10.6 Å². The molecule has 4 nitrogen and oxygen atoms in total. The maximum atomic E-state index is 13.2. The Bertz CT molecular complexity index is 604. The number of hydrogen-bond acceptors (Lipinski definition) is 4. The number of halogens is 2. The largest absolute Gasteiger partial charge is 0.370 e. The van der Waals surface area contributed by atoms with Crippen molar-refractivity contribution in [3.8, 4) is 0 Å². The Morgan fingerprint density at radius 3 is 2.65 bits per heavy atom. The summed E-state index contributed by atoms with van der Waals surface area (Å²) in [4.78, 5) is 8.63. The summed E-state index contributed by atoms with van der Waals surface area (Å²) in [5, 5.41) is 6.36. The number of nitrogens with one attached hydrogen (secondary N) is 2. The quantitative estimate of drug-likeness (QED) is 0.855. The van der Waals surface area contributed by atoms with Crippen molar-refractivity contribution in [1.82, 2.24) is 9.97 Å². The third kappa shape index (κ3) is 3.90. The first-order valence-corrected chi connectivity index (χ1v) is 7.19. The lowest BCUT2D eigenvalue weighted by molar-refractivity contribution is 0.621. The molecule has 1 aromatic heterocycles. The Hall–Kier alpha value is -1.69. The van der Waals surface area contributed by atoms with Gasteiger partial charge in [-0.05, 0) is 47.5 Å². The Morgan fingerprint density at radius 1 is 1.20 bits per heavy atom. The minimum absolute atomic E-state index is 0.292. The van der Waals surface area contributed by atoms with Crippen molar-refractivity contribution in [1.29, 1.82) is 0 Å². The Balaban J connectivity index is 2.19. The van der Waals surface area contributed by atoms with Crippen molar-refractivity contribution in [2.75, 3.05) is 17.2 Å². The van der Waals surface area contributed by atoms with Gasteiger partial charge in [0.25, 0.3) is 0 Å². The molecule has 2 rings (SSSR count). The average molecular weight is 339 g/mol. The molecule has 0 unspecified atom stereocenters. The number of aryl methyl sites for hydroxylation is 1. The molecule has 1 aromatic carbocycles. The molecule has 0 aliphatic carbocycles. The van der Waals surface area contributed by atoms with E-state index in [4.69, 9.17) is 0 Å². The van der Waals surface area contributed by atoms with Gasteiger partial charge in [-0.25, -0.2) is 14.4 Å². The minimum Gasteiger partial charge on any atom is -0.370 e. The number of benzene rings is 1. The van der Waals surface area contributed by atoms with Gasteiger partial charge in [0.2, 0.25) is 0 Å². The van der Waals surface area contributed by atoms with Crippen LogP contribution in [0.15, 0.2) is 28.7 Å². The highest BCUT2D eigenvalue weighted by Gasteiger charge is 2.04. The summed E-state index contributed by atoms with van der Waals surface area (Å²) in [7, 11) is 0. The van der Waals surface area contributed by atoms with Crippen LogP contribution in [0, 0.1) is 12.7 Å². The minimum atomic E-state index is -0.292. The van der Waals surface area contributed by atoms with E-state index in [2.05, 4.69) is 43.5 Å². The molecule has 0 spiro atoms. The van der Waals surface area contributed by atoms with Crippen molar-refractivity contribution in [2.24, 2.45) is 0 Å². The molecule has 6 heteroatoms. The third-order valence-electron chi connectivity index (χ3n) is 2.59. The zero-order valence-corrected chi connectivity index (χ0v) is 13.0. The van der Waals surface area contributed by atoms with E-state index in [1.807, 2.05) is 13.0 Å². The molecule has 2 aromatic rings. The van der Waals surface area contributed by atoms with Gasteiger partial charge in [0.05, 0.1) is 4.47 Å². The van der Waals surface area contributed by atoms with E-state index in [1.54, 1.807) is 12.1 Å². The second kappa shape index (κ2) is 6.65. The van der Waals surface area contributed by atoms with E-state index >= 15 is 0 Å². The summed E-state index contributed by atoms with van der Waals surface area (Å²) < 4.78 is 13.6. The average Bonchev–Trinajstić information content (AvgIpc) is 2.40. The summed E-state index contributed by atoms with van der Waals surface area (Å²) in [5.41, 5.74) is 0.762. The van der Waals surface area contributed by atoms with Crippen LogP contribution in [0.25, 0.3) is 0 Å². The predicted molar refractivity (Wildman–Crippen MR) is 82.9 cm³/mol. The van der Waals surface area contributed by atoms with Crippen LogP contribution in [-0.4, -0.2) is 16.5 Å². The smallest absolute Gasteiger partial charge is 0.137 e. The van der Waals surface area contributed by atoms with E-state index in [0.717, 1.165) is 24.5 Å². The molecule has 1 heterocycles. The normalized spacial score (nSPS) is 10.4. The lowest BCUT2D eigenvalue weighted by Gasteiger charge is -2.10. The van der Waals surface area contributed by atoms with Gasteiger partial charge in [-0.2, -0.15) is 0 Å². The summed E-state index contributed by atoms with van der Waals surface area (Å²) in [6.45, 7) is 4.79. The molecule has 20 heavy (non-hydrogen) atoms. The van der Waals surface area contributed by atoms with Gasteiger partial charge >= 0.3 is 0 Å². The molecule has 0 aliphatic heterocycles. The maximum absolute atomic E-state index is 13.2. The standard InChI is InChI=1S/C14H16BrFN4/c1-3-6-17-13-8-14(19-9(2)18-13)20-10-4-5-12(16)11(15)7-10/h4-5,7-8H,3,6H2,1-2H3,(H2,17,18,19,20). The Labute approximate surface area is 126 Å². The monoisotopic (exact) mass is 338 g/mol. The highest BCUT2D eigenvalue weighted by Crippen LogP contribution is 2.23. The molecular weight excluding hydrogens is 323 g/mol. The van der Waals surface area contributed by atoms with Gasteiger partial charge in [-0.3, -0.25) is 0 Å². The summed E-state index contributed by atoms with van der Waals surface area (Å²) >= 11 is 3.16. The molecule has 0 amide bonds. The molecule has 2 N–H and O–H groups in total.